The zero-order valence-corrected chi connectivity index (χ0v) is 28.5. The van der Waals surface area contributed by atoms with Crippen LogP contribution in [0, 0.1) is 40.4 Å². The van der Waals surface area contributed by atoms with Crippen LogP contribution in [0.1, 0.15) is 112 Å². The van der Waals surface area contributed by atoms with Gasteiger partial charge < -0.3 is 40.7 Å². The van der Waals surface area contributed by atoms with Crippen LogP contribution in [0.25, 0.3) is 0 Å². The number of carbonyl (C=O) groups is 1. The van der Waals surface area contributed by atoms with Crippen molar-refractivity contribution in [3.05, 3.63) is 11.3 Å². The average Bonchev–Trinajstić information content (AvgIpc) is 3.48. The fourth-order valence-corrected chi connectivity index (χ4v) is 10.8. The Morgan fingerprint density at radius 3 is 2.44 bits per heavy atom. The number of fused-ring (bicyclic) bond motifs is 5. The largest absolute Gasteiger partial charge is 0.392 e. The fourth-order valence-electron chi connectivity index (χ4n) is 10.8. The minimum absolute atomic E-state index is 0.0943. The molecule has 0 radical (unpaired) electrons. The molecule has 1 heterocycles. The molecule has 7 N–H and O–H groups in total. The van der Waals surface area contributed by atoms with Crippen molar-refractivity contribution in [2.75, 3.05) is 13.2 Å². The molecule has 1 aliphatic heterocycles. The van der Waals surface area contributed by atoms with Crippen molar-refractivity contribution in [1.29, 1.82) is 0 Å². The number of allylic oxidation sites excluding steroid dienone is 1. The monoisotopic (exact) mass is 635 g/mol. The van der Waals surface area contributed by atoms with Crippen LogP contribution in [0.15, 0.2) is 11.3 Å². The lowest BCUT2D eigenvalue weighted by Crippen LogP contribution is -2.65. The van der Waals surface area contributed by atoms with Gasteiger partial charge >= 0.3 is 0 Å². The Morgan fingerprint density at radius 1 is 1.07 bits per heavy atom. The van der Waals surface area contributed by atoms with E-state index in [9.17, 15) is 35.4 Å². The first-order valence-corrected chi connectivity index (χ1v) is 17.9. The summed E-state index contributed by atoms with van der Waals surface area (Å²) in [6.45, 7) is 12.4. The number of carbonyl (C=O) groups excluding carboxylic acids is 1. The first kappa shape index (κ1) is 35.2. The number of ketones is 1. The van der Waals surface area contributed by atoms with Crippen LogP contribution in [0.4, 0.5) is 0 Å². The maximum atomic E-state index is 14.2. The molecule has 0 aromatic heterocycles. The Morgan fingerprint density at radius 2 is 1.78 bits per heavy atom. The highest BCUT2D eigenvalue weighted by atomic mass is 16.5. The molecule has 14 unspecified atom stereocenters. The quantitative estimate of drug-likeness (QED) is 0.169. The van der Waals surface area contributed by atoms with Gasteiger partial charge in [0.05, 0.1) is 47.9 Å². The second-order valence-electron chi connectivity index (χ2n) is 16.4. The summed E-state index contributed by atoms with van der Waals surface area (Å²) in [4.78, 5) is 14.2. The molecule has 0 aromatic rings. The van der Waals surface area contributed by atoms with Crippen molar-refractivity contribution in [2.45, 2.75) is 154 Å². The van der Waals surface area contributed by atoms with Gasteiger partial charge in [-0.15, -0.1) is 0 Å². The van der Waals surface area contributed by atoms with E-state index in [-0.39, 0.29) is 37.0 Å². The highest BCUT2D eigenvalue weighted by Crippen LogP contribution is 2.69. The highest BCUT2D eigenvalue weighted by molar-refractivity contribution is 5.99. The fraction of sp³-hybridized carbons (Fsp3) is 0.917. The minimum atomic E-state index is -1.55. The number of nitrogens with one attached hydrogen (secondary N) is 1. The smallest absolute Gasteiger partial charge is 0.182 e. The van der Waals surface area contributed by atoms with E-state index >= 15 is 0 Å². The lowest BCUT2D eigenvalue weighted by molar-refractivity contribution is -0.195. The molecule has 9 heteroatoms. The molecule has 5 aliphatic rings. The molecular formula is C36H61NO8. The van der Waals surface area contributed by atoms with Gasteiger partial charge in [-0.05, 0) is 93.5 Å². The Balaban J connectivity index is 1.46. The van der Waals surface area contributed by atoms with E-state index < -0.39 is 64.4 Å². The number of Topliss-reactive ketones (excluding diaryl/α,β-unsaturated/α-hetero) is 1. The second kappa shape index (κ2) is 12.8. The van der Waals surface area contributed by atoms with Crippen LogP contribution >= 0.6 is 0 Å². The molecule has 14 atom stereocenters. The average molecular weight is 636 g/mol. The van der Waals surface area contributed by atoms with Gasteiger partial charge in [0.15, 0.2) is 5.78 Å². The zero-order chi connectivity index (χ0) is 33.1. The van der Waals surface area contributed by atoms with Crippen molar-refractivity contribution in [1.82, 2.24) is 5.32 Å². The third-order valence-electron chi connectivity index (χ3n) is 13.6. The number of aliphatic hydroxyl groups excluding tert-OH is 4. The molecule has 4 aliphatic carbocycles. The topological polar surface area (TPSA) is 160 Å². The summed E-state index contributed by atoms with van der Waals surface area (Å²) in [5.74, 6) is -0.972. The maximum Gasteiger partial charge on any atom is 0.182 e. The van der Waals surface area contributed by atoms with E-state index in [1.54, 1.807) is 13.8 Å². The van der Waals surface area contributed by atoms with Gasteiger partial charge in [-0.3, -0.25) is 4.79 Å². The van der Waals surface area contributed by atoms with Gasteiger partial charge in [0.25, 0.3) is 0 Å². The zero-order valence-electron chi connectivity index (χ0n) is 28.5. The maximum absolute atomic E-state index is 14.2. The molecule has 0 bridgehead atoms. The molecular weight excluding hydrogens is 574 g/mol. The van der Waals surface area contributed by atoms with E-state index in [1.807, 2.05) is 13.8 Å². The number of hydrogen-bond acceptors (Lipinski definition) is 9. The van der Waals surface area contributed by atoms with Crippen molar-refractivity contribution >= 4 is 5.78 Å². The number of ether oxygens (including phenoxy) is 1. The number of unbranched alkanes of at least 4 members (excludes halogenated alkanes) is 3. The van der Waals surface area contributed by atoms with Gasteiger partial charge in [0.1, 0.15) is 6.10 Å². The first-order chi connectivity index (χ1) is 21.0. The van der Waals surface area contributed by atoms with Crippen molar-refractivity contribution in [2.24, 2.45) is 40.4 Å². The summed E-state index contributed by atoms with van der Waals surface area (Å²) in [7, 11) is 0. The predicted octanol–water partition coefficient (Wildman–Crippen LogP) is 3.22. The van der Waals surface area contributed by atoms with Crippen molar-refractivity contribution < 1.29 is 40.2 Å². The molecule has 0 amide bonds. The molecule has 258 valence electrons. The Kier molecular flexibility index (Phi) is 9.99. The van der Waals surface area contributed by atoms with E-state index in [0.29, 0.717) is 49.5 Å². The van der Waals surface area contributed by atoms with E-state index in [0.717, 1.165) is 12.8 Å². The van der Waals surface area contributed by atoms with Gasteiger partial charge in [0, 0.05) is 17.9 Å². The normalized spacial score (nSPS) is 45.8. The Hall–Kier alpha value is -1.07. The van der Waals surface area contributed by atoms with E-state index in [4.69, 9.17) is 4.74 Å². The summed E-state index contributed by atoms with van der Waals surface area (Å²) in [6, 6.07) is 0. The van der Waals surface area contributed by atoms with Crippen LogP contribution in [-0.2, 0) is 9.53 Å². The summed E-state index contributed by atoms with van der Waals surface area (Å²) in [5, 5.41) is 71.7. The van der Waals surface area contributed by atoms with Crippen LogP contribution in [0.5, 0.6) is 0 Å². The van der Waals surface area contributed by atoms with E-state index in [2.05, 4.69) is 19.2 Å². The second-order valence-corrected chi connectivity index (χ2v) is 16.4. The number of aliphatic hydroxyl groups is 6. The van der Waals surface area contributed by atoms with Crippen LogP contribution < -0.4 is 5.32 Å². The lowest BCUT2D eigenvalue weighted by Gasteiger charge is -2.61. The summed E-state index contributed by atoms with van der Waals surface area (Å²) in [5.41, 5.74) is -3.56. The highest BCUT2D eigenvalue weighted by Gasteiger charge is 2.71. The van der Waals surface area contributed by atoms with Crippen molar-refractivity contribution in [3.63, 3.8) is 0 Å². The number of hydrogen-bond donors (Lipinski definition) is 7. The molecule has 45 heavy (non-hydrogen) atoms. The minimum Gasteiger partial charge on any atom is -0.392 e. The molecule has 4 fully saturated rings. The Bertz CT molecular complexity index is 1120. The lowest BCUT2D eigenvalue weighted by atomic mass is 9.45. The predicted molar refractivity (Wildman–Crippen MR) is 171 cm³/mol. The number of rotatable bonds is 11. The van der Waals surface area contributed by atoms with Gasteiger partial charge in [-0.2, -0.15) is 0 Å². The standard InChI is InChI=1S/C36H61NO8/c1-7-8-9-10-11-22-19-45-31(21(22)3)32(42)35(6,43)27-13-15-36(44)28-23(12-14-34(27,36)5)33(4)17-26(40)25(39)16-24(33)30(41)29(28)37-18-20(2)38/h20-27,31-32,37-40,42-44H,7-19H2,1-6H3. The summed E-state index contributed by atoms with van der Waals surface area (Å²) in [6.07, 6.45) is 3.87. The van der Waals surface area contributed by atoms with Crippen LogP contribution in [0.2, 0.25) is 0 Å². The van der Waals surface area contributed by atoms with Crippen LogP contribution in [-0.4, -0.2) is 91.3 Å². The Labute approximate surface area is 269 Å². The molecule has 0 spiro atoms. The van der Waals surface area contributed by atoms with Crippen molar-refractivity contribution in [3.8, 4) is 0 Å². The summed E-state index contributed by atoms with van der Waals surface area (Å²) >= 11 is 0. The van der Waals surface area contributed by atoms with E-state index in [1.165, 1.54) is 19.3 Å². The molecule has 9 nitrogen and oxygen atoms in total. The third kappa shape index (κ3) is 5.64. The molecule has 3 saturated carbocycles. The van der Waals surface area contributed by atoms with Gasteiger partial charge in [0.2, 0.25) is 0 Å². The molecule has 0 aromatic carbocycles. The molecule has 1 saturated heterocycles. The third-order valence-corrected chi connectivity index (χ3v) is 13.6. The summed E-state index contributed by atoms with van der Waals surface area (Å²) < 4.78 is 6.19. The SMILES string of the molecule is CCCCCCC1COC(C(O)C(C)(O)C2CCC3(O)C4=C(NCC(C)O)C(=O)C5CC(O)C(O)CC5(C)C4CCC23C)C1C. The van der Waals surface area contributed by atoms with Gasteiger partial charge in [-0.25, -0.2) is 0 Å². The van der Waals surface area contributed by atoms with Gasteiger partial charge in [-0.1, -0.05) is 53.4 Å². The van der Waals surface area contributed by atoms with Crippen LogP contribution in [0.3, 0.4) is 0 Å². The first-order valence-electron chi connectivity index (χ1n) is 17.9. The molecule has 5 rings (SSSR count).